The molecule has 0 spiro atoms. The maximum Gasteiger partial charge on any atom is 0.305 e. The molecule has 17 heavy (non-hydrogen) atoms. The first kappa shape index (κ1) is 13.8. The molecule has 0 aliphatic heterocycles. The van der Waals surface area contributed by atoms with Crippen molar-refractivity contribution in [2.45, 2.75) is 25.8 Å². The molecule has 0 radical (unpaired) electrons. The molecule has 0 bridgehead atoms. The number of nitrogens with two attached hydrogens (primary N) is 1. The molecule has 4 nitrogen and oxygen atoms in total. The van der Waals surface area contributed by atoms with Gasteiger partial charge in [0.2, 0.25) is 0 Å². The van der Waals surface area contributed by atoms with Crippen molar-refractivity contribution in [3.63, 3.8) is 0 Å². The van der Waals surface area contributed by atoms with Gasteiger partial charge in [0.15, 0.2) is 0 Å². The third kappa shape index (κ3) is 3.11. The van der Waals surface area contributed by atoms with Gasteiger partial charge in [-0.05, 0) is 37.1 Å². The minimum atomic E-state index is -0.953. The number of halogens is 1. The monoisotopic (exact) mass is 257 g/mol. The average Bonchev–Trinajstić information content (AvgIpc) is 2.18. The number of carboxylic acid groups (broad SMARTS) is 1. The molecule has 0 aliphatic carbocycles. The molecule has 0 fully saturated rings. The van der Waals surface area contributed by atoms with Crippen molar-refractivity contribution >= 4 is 17.6 Å². The van der Waals surface area contributed by atoms with Crippen LogP contribution in [0.5, 0.6) is 5.75 Å². The molecular weight excluding hydrogens is 242 g/mol. The summed E-state index contributed by atoms with van der Waals surface area (Å²) in [5.41, 5.74) is 6.64. The molecule has 0 aliphatic rings. The maximum atomic E-state index is 10.8. The molecule has 3 N–H and O–H groups in total. The van der Waals surface area contributed by atoms with E-state index in [9.17, 15) is 4.79 Å². The van der Waals surface area contributed by atoms with Crippen LogP contribution in [0.15, 0.2) is 12.1 Å². The van der Waals surface area contributed by atoms with E-state index in [2.05, 4.69) is 0 Å². The fourth-order valence-electron chi connectivity index (χ4n) is 1.84. The van der Waals surface area contributed by atoms with E-state index in [1.807, 2.05) is 6.92 Å². The lowest BCUT2D eigenvalue weighted by molar-refractivity contribution is -0.138. The first-order valence-corrected chi connectivity index (χ1v) is 5.51. The van der Waals surface area contributed by atoms with Gasteiger partial charge in [-0.1, -0.05) is 11.6 Å². The van der Waals surface area contributed by atoms with Crippen molar-refractivity contribution in [2.75, 3.05) is 7.11 Å². The van der Waals surface area contributed by atoms with Crippen LogP contribution in [0, 0.1) is 6.92 Å². The second-order valence-corrected chi connectivity index (χ2v) is 4.70. The third-order valence-corrected chi connectivity index (χ3v) is 2.93. The topological polar surface area (TPSA) is 72.5 Å². The van der Waals surface area contributed by atoms with Crippen LogP contribution in [0.4, 0.5) is 0 Å². The van der Waals surface area contributed by atoms with Gasteiger partial charge < -0.3 is 15.6 Å². The Bertz CT molecular complexity index is 444. The zero-order valence-corrected chi connectivity index (χ0v) is 10.8. The normalized spacial score (nSPS) is 14.2. The van der Waals surface area contributed by atoms with Crippen LogP contribution < -0.4 is 10.5 Å². The highest BCUT2D eigenvalue weighted by Crippen LogP contribution is 2.33. The minimum absolute atomic E-state index is 0.156. The molecule has 1 aromatic rings. The molecule has 1 aromatic carbocycles. The Morgan fingerprint density at radius 1 is 1.59 bits per heavy atom. The maximum absolute atomic E-state index is 10.8. The molecule has 0 saturated heterocycles. The van der Waals surface area contributed by atoms with E-state index in [1.165, 1.54) is 7.11 Å². The van der Waals surface area contributed by atoms with Crippen molar-refractivity contribution in [1.29, 1.82) is 0 Å². The van der Waals surface area contributed by atoms with E-state index < -0.39 is 11.5 Å². The highest BCUT2D eigenvalue weighted by Gasteiger charge is 2.27. The van der Waals surface area contributed by atoms with Crippen LogP contribution in [0.1, 0.15) is 24.5 Å². The summed E-state index contributed by atoms with van der Waals surface area (Å²) in [6.45, 7) is 3.52. The molecule has 1 rings (SSSR count). The van der Waals surface area contributed by atoms with E-state index in [4.69, 9.17) is 27.2 Å². The number of aryl methyl sites for hydroxylation is 1. The third-order valence-electron chi connectivity index (χ3n) is 2.63. The first-order chi connectivity index (χ1) is 7.77. The lowest BCUT2D eigenvalue weighted by Crippen LogP contribution is -2.36. The van der Waals surface area contributed by atoms with Crippen molar-refractivity contribution in [2.24, 2.45) is 5.73 Å². The number of ether oxygens (including phenoxy) is 1. The van der Waals surface area contributed by atoms with E-state index in [1.54, 1.807) is 19.1 Å². The zero-order valence-electron chi connectivity index (χ0n) is 10.1. The summed E-state index contributed by atoms with van der Waals surface area (Å²) in [6, 6.07) is 3.42. The highest BCUT2D eigenvalue weighted by molar-refractivity contribution is 6.32. The van der Waals surface area contributed by atoms with E-state index >= 15 is 0 Å². The number of carboxylic acids is 1. The zero-order chi connectivity index (χ0) is 13.2. The standard InChI is InChI=1S/C12H16ClNO3/c1-7-4-10(17-3)9(13)5-8(7)12(2,14)6-11(15)16/h4-5H,6,14H2,1-3H3,(H,15,16). The Morgan fingerprint density at radius 2 is 2.18 bits per heavy atom. The summed E-state index contributed by atoms with van der Waals surface area (Å²) < 4.78 is 5.09. The van der Waals surface area contributed by atoms with Crippen molar-refractivity contribution < 1.29 is 14.6 Å². The van der Waals surface area contributed by atoms with Gasteiger partial charge in [-0.25, -0.2) is 0 Å². The Labute approximate surface area is 105 Å². The van der Waals surface area contributed by atoms with Gasteiger partial charge >= 0.3 is 5.97 Å². The van der Waals surface area contributed by atoms with Crippen LogP contribution in [0.3, 0.4) is 0 Å². The van der Waals surface area contributed by atoms with Gasteiger partial charge in [0.05, 0.1) is 18.6 Å². The summed E-state index contributed by atoms with van der Waals surface area (Å²) in [6.07, 6.45) is -0.156. The van der Waals surface area contributed by atoms with Crippen LogP contribution in [-0.4, -0.2) is 18.2 Å². The van der Waals surface area contributed by atoms with Gasteiger partial charge in [0.25, 0.3) is 0 Å². The largest absolute Gasteiger partial charge is 0.495 e. The van der Waals surface area contributed by atoms with Crippen LogP contribution in [0.25, 0.3) is 0 Å². The van der Waals surface area contributed by atoms with Crippen molar-refractivity contribution in [1.82, 2.24) is 0 Å². The molecule has 1 atom stereocenters. The summed E-state index contributed by atoms with van der Waals surface area (Å²) in [5.74, 6) is -0.389. The SMILES string of the molecule is COc1cc(C)c(C(C)(N)CC(=O)O)cc1Cl. The molecule has 94 valence electrons. The van der Waals surface area contributed by atoms with Crippen LogP contribution >= 0.6 is 11.6 Å². The molecule has 0 aromatic heterocycles. The fraction of sp³-hybridized carbons (Fsp3) is 0.417. The Morgan fingerprint density at radius 3 is 2.65 bits per heavy atom. The number of hydrogen-bond donors (Lipinski definition) is 2. The fourth-order valence-corrected chi connectivity index (χ4v) is 2.08. The Balaban J connectivity index is 3.22. The van der Waals surface area contributed by atoms with Gasteiger partial charge in [-0.15, -0.1) is 0 Å². The first-order valence-electron chi connectivity index (χ1n) is 5.13. The second-order valence-electron chi connectivity index (χ2n) is 4.29. The predicted octanol–water partition coefficient (Wildman–Crippen LogP) is 2.31. The van der Waals surface area contributed by atoms with E-state index in [-0.39, 0.29) is 6.42 Å². The number of aliphatic carboxylic acids is 1. The van der Waals surface area contributed by atoms with Gasteiger partial charge in [0.1, 0.15) is 5.75 Å². The molecule has 0 amide bonds. The van der Waals surface area contributed by atoms with Gasteiger partial charge in [-0.2, -0.15) is 0 Å². The number of hydrogen-bond acceptors (Lipinski definition) is 3. The molecule has 0 heterocycles. The number of rotatable bonds is 4. The van der Waals surface area contributed by atoms with E-state index in [0.717, 1.165) is 5.56 Å². The molecular formula is C12H16ClNO3. The predicted molar refractivity (Wildman–Crippen MR) is 66.5 cm³/mol. The highest BCUT2D eigenvalue weighted by atomic mass is 35.5. The van der Waals surface area contributed by atoms with Crippen molar-refractivity contribution in [3.05, 3.63) is 28.3 Å². The Kier molecular flexibility index (Phi) is 4.01. The van der Waals surface area contributed by atoms with Crippen LogP contribution in [0.2, 0.25) is 5.02 Å². The Hall–Kier alpha value is -1.26. The lowest BCUT2D eigenvalue weighted by Gasteiger charge is -2.26. The summed E-state index contributed by atoms with van der Waals surface area (Å²) >= 11 is 6.02. The molecule has 0 saturated carbocycles. The lowest BCUT2D eigenvalue weighted by atomic mass is 9.86. The quantitative estimate of drug-likeness (QED) is 0.868. The summed E-state index contributed by atoms with van der Waals surface area (Å²) in [4.78, 5) is 10.8. The second kappa shape index (κ2) is 4.94. The summed E-state index contributed by atoms with van der Waals surface area (Å²) in [7, 11) is 1.53. The molecule has 5 heteroatoms. The minimum Gasteiger partial charge on any atom is -0.495 e. The number of carbonyl (C=O) groups is 1. The van der Waals surface area contributed by atoms with E-state index in [0.29, 0.717) is 16.3 Å². The number of methoxy groups -OCH3 is 1. The molecule has 1 unspecified atom stereocenters. The average molecular weight is 258 g/mol. The van der Waals surface area contributed by atoms with Crippen LogP contribution in [-0.2, 0) is 10.3 Å². The van der Waals surface area contributed by atoms with Crippen molar-refractivity contribution in [3.8, 4) is 5.75 Å². The summed E-state index contributed by atoms with van der Waals surface area (Å²) in [5, 5.41) is 9.26. The van der Waals surface area contributed by atoms with Gasteiger partial charge in [-0.3, -0.25) is 4.79 Å². The smallest absolute Gasteiger partial charge is 0.305 e. The number of benzene rings is 1. The van der Waals surface area contributed by atoms with Gasteiger partial charge in [0, 0.05) is 5.54 Å².